The molecule has 0 aliphatic heterocycles. The van der Waals surface area contributed by atoms with E-state index in [1.807, 2.05) is 0 Å². The Labute approximate surface area is 141 Å². The number of carboxylic acid groups (broad SMARTS) is 1. The second-order valence-electron chi connectivity index (χ2n) is 5.75. The van der Waals surface area contributed by atoms with Gasteiger partial charge in [0.05, 0.1) is 16.8 Å². The van der Waals surface area contributed by atoms with Crippen molar-refractivity contribution in [3.05, 3.63) is 21.8 Å². The van der Waals surface area contributed by atoms with Crippen LogP contribution in [-0.4, -0.2) is 26.4 Å². The summed E-state index contributed by atoms with van der Waals surface area (Å²) in [5.41, 5.74) is 2.14. The summed E-state index contributed by atoms with van der Waals surface area (Å²) in [6.45, 7) is 2.27. The zero-order valence-electron chi connectivity index (χ0n) is 11.8. The maximum absolute atomic E-state index is 10.9. The third kappa shape index (κ3) is 2.92. The molecule has 1 saturated carbocycles. The van der Waals surface area contributed by atoms with E-state index in [0.29, 0.717) is 0 Å². The minimum atomic E-state index is -0.801. The van der Waals surface area contributed by atoms with Crippen molar-refractivity contribution in [2.75, 3.05) is 5.75 Å². The quantitative estimate of drug-likeness (QED) is 0.602. The second-order valence-corrected chi connectivity index (χ2v) is 7.94. The van der Waals surface area contributed by atoms with E-state index in [0.717, 1.165) is 32.6 Å². The number of halogens is 1. The molecule has 1 aliphatic rings. The first kappa shape index (κ1) is 15.1. The van der Waals surface area contributed by atoms with Crippen molar-refractivity contribution in [1.29, 1.82) is 0 Å². The number of aliphatic carboxylic acids is 1. The molecular formula is C15H17IN2O2S. The van der Waals surface area contributed by atoms with Crippen molar-refractivity contribution in [3.63, 3.8) is 0 Å². The van der Waals surface area contributed by atoms with Gasteiger partial charge in [-0.05, 0) is 60.6 Å². The van der Waals surface area contributed by atoms with Crippen LogP contribution in [0.25, 0.3) is 11.0 Å². The lowest BCUT2D eigenvalue weighted by atomic mass is 10.0. The summed E-state index contributed by atoms with van der Waals surface area (Å²) in [6.07, 6.45) is 4.71. The molecule has 0 unspecified atom stereocenters. The van der Waals surface area contributed by atoms with Crippen molar-refractivity contribution in [2.24, 2.45) is 0 Å². The Morgan fingerprint density at radius 1 is 1.48 bits per heavy atom. The molecule has 6 heteroatoms. The SMILES string of the molecule is CC1(n2c(SCC(=O)O)nc3cc(I)ccc32)CCCC1. The monoisotopic (exact) mass is 416 g/mol. The highest BCUT2D eigenvalue weighted by molar-refractivity contribution is 14.1. The molecule has 3 rings (SSSR count). The van der Waals surface area contributed by atoms with Crippen LogP contribution in [0.3, 0.4) is 0 Å². The van der Waals surface area contributed by atoms with E-state index in [-0.39, 0.29) is 11.3 Å². The Morgan fingerprint density at radius 3 is 2.86 bits per heavy atom. The molecule has 0 bridgehead atoms. The van der Waals surface area contributed by atoms with Gasteiger partial charge in [0.15, 0.2) is 5.16 Å². The average molecular weight is 416 g/mol. The van der Waals surface area contributed by atoms with Gasteiger partial charge in [-0.25, -0.2) is 4.98 Å². The van der Waals surface area contributed by atoms with E-state index in [2.05, 4.69) is 52.3 Å². The number of benzene rings is 1. The summed E-state index contributed by atoms with van der Waals surface area (Å²) >= 11 is 3.60. The average Bonchev–Trinajstić information content (AvgIpc) is 3.00. The predicted octanol–water partition coefficient (Wildman–Crippen LogP) is 4.11. The van der Waals surface area contributed by atoms with Crippen LogP contribution in [0.1, 0.15) is 32.6 Å². The van der Waals surface area contributed by atoms with Crippen molar-refractivity contribution >= 4 is 51.4 Å². The number of hydrogen-bond donors (Lipinski definition) is 1. The first-order valence-corrected chi connectivity index (χ1v) is 9.09. The van der Waals surface area contributed by atoms with Crippen LogP contribution in [0.4, 0.5) is 0 Å². The van der Waals surface area contributed by atoms with Crippen molar-refractivity contribution in [3.8, 4) is 0 Å². The largest absolute Gasteiger partial charge is 0.481 e. The van der Waals surface area contributed by atoms with Gasteiger partial charge in [-0.2, -0.15) is 0 Å². The first-order chi connectivity index (χ1) is 9.99. The molecular weight excluding hydrogens is 399 g/mol. The standard InChI is InChI=1S/C15H17IN2O2S/c1-15(6-2-3-7-15)18-12-5-4-10(16)8-11(12)17-14(18)21-9-13(19)20/h4-5,8H,2-3,6-7,9H2,1H3,(H,19,20). The molecule has 0 atom stereocenters. The fraction of sp³-hybridized carbons (Fsp3) is 0.467. The van der Waals surface area contributed by atoms with Crippen LogP contribution in [0.15, 0.2) is 23.4 Å². The van der Waals surface area contributed by atoms with E-state index in [9.17, 15) is 4.79 Å². The normalized spacial score (nSPS) is 17.4. The molecule has 0 spiro atoms. The molecule has 0 saturated heterocycles. The molecule has 4 nitrogen and oxygen atoms in total. The zero-order valence-corrected chi connectivity index (χ0v) is 14.8. The van der Waals surface area contributed by atoms with Gasteiger partial charge in [-0.15, -0.1) is 0 Å². The molecule has 21 heavy (non-hydrogen) atoms. The molecule has 1 heterocycles. The van der Waals surface area contributed by atoms with Gasteiger partial charge in [-0.3, -0.25) is 4.79 Å². The summed E-state index contributed by atoms with van der Waals surface area (Å²) < 4.78 is 3.43. The summed E-state index contributed by atoms with van der Waals surface area (Å²) in [5, 5.41) is 9.79. The molecule has 1 aromatic heterocycles. The second kappa shape index (κ2) is 5.79. The van der Waals surface area contributed by atoms with Crippen LogP contribution >= 0.6 is 34.4 Å². The summed E-state index contributed by atoms with van der Waals surface area (Å²) in [7, 11) is 0. The van der Waals surface area contributed by atoms with Gasteiger partial charge >= 0.3 is 5.97 Å². The van der Waals surface area contributed by atoms with Gasteiger partial charge in [0.25, 0.3) is 0 Å². The molecule has 112 valence electrons. The van der Waals surface area contributed by atoms with E-state index in [1.54, 1.807) is 0 Å². The number of hydrogen-bond acceptors (Lipinski definition) is 3. The summed E-state index contributed by atoms with van der Waals surface area (Å²) in [6, 6.07) is 6.26. The molecule has 1 aliphatic carbocycles. The van der Waals surface area contributed by atoms with Gasteiger partial charge in [0.2, 0.25) is 0 Å². The number of rotatable bonds is 4. The Balaban J connectivity index is 2.13. The number of nitrogens with zero attached hydrogens (tertiary/aromatic N) is 2. The minimum absolute atomic E-state index is 0.0521. The lowest BCUT2D eigenvalue weighted by Gasteiger charge is -2.28. The van der Waals surface area contributed by atoms with Gasteiger partial charge in [0, 0.05) is 9.11 Å². The highest BCUT2D eigenvalue weighted by atomic mass is 127. The Hall–Kier alpha value is -0.760. The molecule has 2 aromatic rings. The van der Waals surface area contributed by atoms with Gasteiger partial charge in [-0.1, -0.05) is 24.6 Å². The molecule has 1 aromatic carbocycles. The third-order valence-corrected chi connectivity index (χ3v) is 5.73. The van der Waals surface area contributed by atoms with E-state index < -0.39 is 5.97 Å². The fourth-order valence-electron chi connectivity index (χ4n) is 3.14. The van der Waals surface area contributed by atoms with Crippen LogP contribution in [0.2, 0.25) is 0 Å². The van der Waals surface area contributed by atoms with Crippen LogP contribution in [0, 0.1) is 3.57 Å². The minimum Gasteiger partial charge on any atom is -0.481 e. The van der Waals surface area contributed by atoms with Crippen LogP contribution < -0.4 is 0 Å². The van der Waals surface area contributed by atoms with Crippen molar-refractivity contribution in [2.45, 2.75) is 43.3 Å². The Morgan fingerprint density at radius 2 is 2.19 bits per heavy atom. The molecule has 0 radical (unpaired) electrons. The lowest BCUT2D eigenvalue weighted by molar-refractivity contribution is -0.133. The van der Waals surface area contributed by atoms with E-state index in [4.69, 9.17) is 10.1 Å². The third-order valence-electron chi connectivity index (χ3n) is 4.13. The van der Waals surface area contributed by atoms with Crippen molar-refractivity contribution < 1.29 is 9.90 Å². The summed E-state index contributed by atoms with van der Waals surface area (Å²) in [5.74, 6) is -0.749. The maximum atomic E-state index is 10.9. The number of thioether (sulfide) groups is 1. The zero-order chi connectivity index (χ0) is 15.0. The Kier molecular flexibility index (Phi) is 4.18. The number of carbonyl (C=O) groups is 1. The molecule has 0 amide bonds. The van der Waals surface area contributed by atoms with E-state index >= 15 is 0 Å². The number of imidazole rings is 1. The summed E-state index contributed by atoms with van der Waals surface area (Å²) in [4.78, 5) is 15.6. The maximum Gasteiger partial charge on any atom is 0.313 e. The topological polar surface area (TPSA) is 55.1 Å². The first-order valence-electron chi connectivity index (χ1n) is 7.03. The highest BCUT2D eigenvalue weighted by Gasteiger charge is 2.34. The number of carboxylic acids is 1. The highest BCUT2D eigenvalue weighted by Crippen LogP contribution is 2.41. The smallest absolute Gasteiger partial charge is 0.313 e. The number of fused-ring (bicyclic) bond motifs is 1. The fourth-order valence-corrected chi connectivity index (χ4v) is 4.47. The lowest BCUT2D eigenvalue weighted by Crippen LogP contribution is -2.27. The predicted molar refractivity (Wildman–Crippen MR) is 92.9 cm³/mol. The molecule has 1 fully saturated rings. The van der Waals surface area contributed by atoms with Crippen LogP contribution in [0.5, 0.6) is 0 Å². The van der Waals surface area contributed by atoms with Crippen molar-refractivity contribution in [1.82, 2.24) is 9.55 Å². The Bertz CT molecular complexity index is 692. The van der Waals surface area contributed by atoms with Crippen LogP contribution in [-0.2, 0) is 10.3 Å². The van der Waals surface area contributed by atoms with E-state index in [1.165, 1.54) is 24.6 Å². The molecule has 1 N–H and O–H groups in total. The van der Waals surface area contributed by atoms with Gasteiger partial charge < -0.3 is 9.67 Å². The number of aromatic nitrogens is 2. The van der Waals surface area contributed by atoms with Gasteiger partial charge in [0.1, 0.15) is 0 Å².